The monoisotopic (exact) mass is 255 g/mol. The van der Waals surface area contributed by atoms with Crippen LogP contribution in [-0.2, 0) is 0 Å². The van der Waals surface area contributed by atoms with E-state index in [1.54, 1.807) is 7.05 Å². The van der Waals surface area contributed by atoms with Gasteiger partial charge in [-0.25, -0.2) is 4.79 Å². The molecule has 0 spiro atoms. The number of urea groups is 1. The van der Waals surface area contributed by atoms with Crippen molar-refractivity contribution < 1.29 is 4.79 Å². The Labute approximate surface area is 111 Å². The van der Waals surface area contributed by atoms with E-state index < -0.39 is 0 Å². The van der Waals surface area contributed by atoms with Crippen LogP contribution in [0, 0.1) is 5.92 Å². The Kier molecular flexibility index (Phi) is 5.93. The molecule has 4 nitrogen and oxygen atoms in total. The van der Waals surface area contributed by atoms with E-state index in [2.05, 4.69) is 19.2 Å². The van der Waals surface area contributed by atoms with E-state index in [1.165, 1.54) is 19.3 Å². The van der Waals surface area contributed by atoms with Gasteiger partial charge in [-0.3, -0.25) is 0 Å². The maximum absolute atomic E-state index is 12.1. The highest BCUT2D eigenvalue weighted by molar-refractivity contribution is 5.74. The van der Waals surface area contributed by atoms with Gasteiger partial charge in [0.2, 0.25) is 0 Å². The van der Waals surface area contributed by atoms with Crippen molar-refractivity contribution in [3.8, 4) is 0 Å². The van der Waals surface area contributed by atoms with E-state index in [4.69, 9.17) is 5.73 Å². The van der Waals surface area contributed by atoms with Crippen LogP contribution in [0.3, 0.4) is 0 Å². The molecule has 4 heteroatoms. The highest BCUT2D eigenvalue weighted by atomic mass is 16.2. The number of hydrogen-bond donors (Lipinski definition) is 2. The molecule has 0 aromatic rings. The van der Waals surface area contributed by atoms with Crippen molar-refractivity contribution >= 4 is 6.03 Å². The summed E-state index contributed by atoms with van der Waals surface area (Å²) in [7, 11) is 1.70. The van der Waals surface area contributed by atoms with Crippen LogP contribution in [0.25, 0.3) is 0 Å². The number of nitrogens with one attached hydrogen (secondary N) is 1. The van der Waals surface area contributed by atoms with Gasteiger partial charge in [0.15, 0.2) is 0 Å². The average molecular weight is 255 g/mol. The van der Waals surface area contributed by atoms with Gasteiger partial charge >= 0.3 is 6.03 Å². The summed E-state index contributed by atoms with van der Waals surface area (Å²) in [4.78, 5) is 14.1. The number of nitrogens with zero attached hydrogens (tertiary/aromatic N) is 1. The molecular weight excluding hydrogens is 226 g/mol. The third-order valence-electron chi connectivity index (χ3n) is 4.47. The van der Waals surface area contributed by atoms with E-state index in [0.717, 1.165) is 31.7 Å². The molecule has 0 saturated heterocycles. The summed E-state index contributed by atoms with van der Waals surface area (Å²) in [5.41, 5.74) is 5.92. The summed E-state index contributed by atoms with van der Waals surface area (Å²) in [6.45, 7) is 5.74. The van der Waals surface area contributed by atoms with Crippen molar-refractivity contribution in [2.24, 2.45) is 11.7 Å². The highest BCUT2D eigenvalue weighted by Crippen LogP contribution is 2.37. The van der Waals surface area contributed by atoms with Gasteiger partial charge in [0, 0.05) is 20.1 Å². The van der Waals surface area contributed by atoms with Crippen LogP contribution in [0.5, 0.6) is 0 Å². The van der Waals surface area contributed by atoms with Crippen LogP contribution < -0.4 is 11.1 Å². The number of nitrogens with two attached hydrogens (primary N) is 1. The molecule has 0 atom stereocenters. The van der Waals surface area contributed by atoms with Gasteiger partial charge in [-0.05, 0) is 38.0 Å². The topological polar surface area (TPSA) is 58.4 Å². The van der Waals surface area contributed by atoms with Gasteiger partial charge in [-0.15, -0.1) is 0 Å². The van der Waals surface area contributed by atoms with E-state index in [-0.39, 0.29) is 11.6 Å². The lowest BCUT2D eigenvalue weighted by Crippen LogP contribution is -2.60. The van der Waals surface area contributed by atoms with E-state index >= 15 is 0 Å². The molecule has 0 bridgehead atoms. The first-order chi connectivity index (χ1) is 8.63. The summed E-state index contributed by atoms with van der Waals surface area (Å²) < 4.78 is 0. The van der Waals surface area contributed by atoms with Crippen molar-refractivity contribution in [3.05, 3.63) is 0 Å². The van der Waals surface area contributed by atoms with Crippen molar-refractivity contribution in [1.82, 2.24) is 10.2 Å². The van der Waals surface area contributed by atoms with Gasteiger partial charge in [-0.2, -0.15) is 0 Å². The minimum Gasteiger partial charge on any atom is -0.341 e. The predicted molar refractivity (Wildman–Crippen MR) is 75.5 cm³/mol. The second-order valence-corrected chi connectivity index (χ2v) is 5.49. The molecule has 3 N–H and O–H groups in total. The van der Waals surface area contributed by atoms with Crippen molar-refractivity contribution in [2.45, 2.75) is 57.9 Å². The zero-order valence-electron chi connectivity index (χ0n) is 12.2. The molecule has 1 rings (SSSR count). The number of hydrogen-bond acceptors (Lipinski definition) is 2. The highest BCUT2D eigenvalue weighted by Gasteiger charge is 2.40. The molecule has 106 valence electrons. The van der Waals surface area contributed by atoms with Crippen LogP contribution in [0.15, 0.2) is 0 Å². The Morgan fingerprint density at radius 2 is 2.00 bits per heavy atom. The van der Waals surface area contributed by atoms with E-state index in [0.29, 0.717) is 6.54 Å². The number of carbonyl (C=O) groups is 1. The molecule has 0 aliphatic heterocycles. The molecule has 0 heterocycles. The van der Waals surface area contributed by atoms with Crippen LogP contribution >= 0.6 is 0 Å². The van der Waals surface area contributed by atoms with Crippen LogP contribution in [0.4, 0.5) is 4.79 Å². The smallest absolute Gasteiger partial charge is 0.317 e. The lowest BCUT2D eigenvalue weighted by molar-refractivity contribution is 0.0686. The lowest BCUT2D eigenvalue weighted by Gasteiger charge is -2.47. The van der Waals surface area contributed by atoms with Crippen molar-refractivity contribution in [2.75, 3.05) is 20.1 Å². The molecule has 1 aliphatic carbocycles. The van der Waals surface area contributed by atoms with Crippen LogP contribution in [0.2, 0.25) is 0 Å². The molecule has 0 unspecified atom stereocenters. The first-order valence-electron chi connectivity index (χ1n) is 7.33. The summed E-state index contributed by atoms with van der Waals surface area (Å²) in [5.74, 6) is 0.817. The van der Waals surface area contributed by atoms with E-state index in [9.17, 15) is 4.79 Å². The van der Waals surface area contributed by atoms with Gasteiger partial charge in [0.25, 0.3) is 0 Å². The Morgan fingerprint density at radius 3 is 2.39 bits per heavy atom. The molecule has 0 aromatic carbocycles. The lowest BCUT2D eigenvalue weighted by atomic mass is 9.74. The minimum atomic E-state index is -0.109. The first kappa shape index (κ1) is 15.3. The Balaban J connectivity index is 2.80. The van der Waals surface area contributed by atoms with Gasteiger partial charge in [-0.1, -0.05) is 20.3 Å². The Bertz CT molecular complexity index is 260. The third-order valence-corrected chi connectivity index (χ3v) is 4.47. The third kappa shape index (κ3) is 3.16. The first-order valence-corrected chi connectivity index (χ1v) is 7.33. The van der Waals surface area contributed by atoms with Gasteiger partial charge in [0.1, 0.15) is 0 Å². The zero-order chi connectivity index (χ0) is 13.6. The maximum Gasteiger partial charge on any atom is 0.317 e. The van der Waals surface area contributed by atoms with Crippen molar-refractivity contribution in [1.29, 1.82) is 0 Å². The zero-order valence-corrected chi connectivity index (χ0v) is 12.2. The fourth-order valence-corrected chi connectivity index (χ4v) is 3.12. The summed E-state index contributed by atoms with van der Waals surface area (Å²) in [6, 6.07) is 0.0252. The molecule has 0 radical (unpaired) electrons. The quantitative estimate of drug-likeness (QED) is 0.792. The molecule has 2 amide bonds. The minimum absolute atomic E-state index is 0.0252. The second-order valence-electron chi connectivity index (χ2n) is 5.49. The Morgan fingerprint density at radius 1 is 1.39 bits per heavy atom. The molecule has 0 aromatic heterocycles. The summed E-state index contributed by atoms with van der Waals surface area (Å²) in [6.07, 6.45) is 6.72. The standard InChI is InChI=1S/C14H29N3O/c1-4-10-17(13(18)16-3)14(11-15)8-6-12(5-2)7-9-14/h12H,4-11,15H2,1-3H3,(H,16,18). The fourth-order valence-electron chi connectivity index (χ4n) is 3.12. The van der Waals surface area contributed by atoms with Crippen molar-refractivity contribution in [3.63, 3.8) is 0 Å². The van der Waals surface area contributed by atoms with E-state index in [1.807, 2.05) is 4.90 Å². The summed E-state index contributed by atoms with van der Waals surface area (Å²) >= 11 is 0. The second kappa shape index (κ2) is 6.98. The number of rotatable bonds is 5. The predicted octanol–water partition coefficient (Wildman–Crippen LogP) is 2.34. The van der Waals surface area contributed by atoms with Crippen LogP contribution in [-0.4, -0.2) is 36.6 Å². The molecule has 1 saturated carbocycles. The molecule has 18 heavy (non-hydrogen) atoms. The normalized spacial score (nSPS) is 27.9. The Hall–Kier alpha value is -0.770. The summed E-state index contributed by atoms with van der Waals surface area (Å²) in [5, 5.41) is 2.76. The van der Waals surface area contributed by atoms with Gasteiger partial charge < -0.3 is 16.0 Å². The number of amides is 2. The SMILES string of the molecule is CCCN(C(=O)NC)C1(CN)CCC(CC)CC1. The maximum atomic E-state index is 12.1. The van der Waals surface area contributed by atoms with Gasteiger partial charge in [0.05, 0.1) is 5.54 Å². The largest absolute Gasteiger partial charge is 0.341 e. The van der Waals surface area contributed by atoms with Crippen LogP contribution in [0.1, 0.15) is 52.4 Å². The molecule has 1 fully saturated rings. The average Bonchev–Trinajstić information content (AvgIpc) is 2.44. The fraction of sp³-hybridized carbons (Fsp3) is 0.929. The number of carbonyl (C=O) groups excluding carboxylic acids is 1. The molecule has 1 aliphatic rings. The molecular formula is C14H29N3O.